The van der Waals surface area contributed by atoms with Crippen LogP contribution in [0.2, 0.25) is 0 Å². The highest BCUT2D eigenvalue weighted by Crippen LogP contribution is 2.05. The lowest BCUT2D eigenvalue weighted by Crippen LogP contribution is -2.37. The first kappa shape index (κ1) is 19.2. The van der Waals surface area contributed by atoms with E-state index in [0.717, 1.165) is 31.4 Å². The lowest BCUT2D eigenvalue weighted by molar-refractivity contribution is 0.0983. The van der Waals surface area contributed by atoms with E-state index in [4.69, 9.17) is 4.74 Å². The summed E-state index contributed by atoms with van der Waals surface area (Å²) in [7, 11) is 0. The lowest BCUT2D eigenvalue weighted by atomic mass is 10.1. The van der Waals surface area contributed by atoms with E-state index < -0.39 is 0 Å². The molecule has 0 aromatic heterocycles. The van der Waals surface area contributed by atoms with Crippen molar-refractivity contribution in [3.05, 3.63) is 35.4 Å². The molecule has 5 nitrogen and oxygen atoms in total. The van der Waals surface area contributed by atoms with Crippen molar-refractivity contribution in [1.29, 1.82) is 0 Å². The van der Waals surface area contributed by atoms with E-state index in [-0.39, 0.29) is 11.8 Å². The third-order valence-electron chi connectivity index (χ3n) is 3.40. The van der Waals surface area contributed by atoms with Crippen LogP contribution in [-0.4, -0.2) is 38.1 Å². The topological polar surface area (TPSA) is 67.4 Å². The standard InChI is InChI=1S/C18H28N2O3/c1-3-4-13-23-14-5-11-19-18(22)20-12-10-17(21)16-8-6-15(2)7-9-16/h6-9H,3-5,10-14H2,1-2H3,(H2,19,20,22). The summed E-state index contributed by atoms with van der Waals surface area (Å²) in [5.41, 5.74) is 1.81. The van der Waals surface area contributed by atoms with Crippen molar-refractivity contribution in [1.82, 2.24) is 10.6 Å². The summed E-state index contributed by atoms with van der Waals surface area (Å²) >= 11 is 0. The van der Waals surface area contributed by atoms with Gasteiger partial charge in [-0.1, -0.05) is 43.2 Å². The summed E-state index contributed by atoms with van der Waals surface area (Å²) in [6.07, 6.45) is 3.29. The van der Waals surface area contributed by atoms with Gasteiger partial charge in [-0.25, -0.2) is 4.79 Å². The molecule has 2 amide bonds. The summed E-state index contributed by atoms with van der Waals surface area (Å²) in [6.45, 7) is 6.46. The second-order valence-corrected chi connectivity index (χ2v) is 5.54. The van der Waals surface area contributed by atoms with Crippen LogP contribution in [0.4, 0.5) is 4.79 Å². The van der Waals surface area contributed by atoms with Crippen LogP contribution >= 0.6 is 0 Å². The zero-order chi connectivity index (χ0) is 16.9. The van der Waals surface area contributed by atoms with Crippen LogP contribution < -0.4 is 10.6 Å². The minimum atomic E-state index is -0.240. The summed E-state index contributed by atoms with van der Waals surface area (Å²) in [5, 5.41) is 5.45. The molecule has 5 heteroatoms. The smallest absolute Gasteiger partial charge is 0.314 e. The van der Waals surface area contributed by atoms with Crippen molar-refractivity contribution < 1.29 is 14.3 Å². The third-order valence-corrected chi connectivity index (χ3v) is 3.40. The Kier molecular flexibility index (Phi) is 9.71. The van der Waals surface area contributed by atoms with Crippen molar-refractivity contribution in [3.63, 3.8) is 0 Å². The average molecular weight is 320 g/mol. The van der Waals surface area contributed by atoms with Gasteiger partial charge in [0.1, 0.15) is 0 Å². The van der Waals surface area contributed by atoms with E-state index in [2.05, 4.69) is 17.6 Å². The van der Waals surface area contributed by atoms with Crippen LogP contribution in [0.1, 0.15) is 48.5 Å². The van der Waals surface area contributed by atoms with Gasteiger partial charge in [-0.3, -0.25) is 4.79 Å². The fourth-order valence-corrected chi connectivity index (χ4v) is 1.96. The first-order valence-corrected chi connectivity index (χ1v) is 8.32. The Bertz CT molecular complexity index is 472. The number of hydrogen-bond acceptors (Lipinski definition) is 3. The Morgan fingerprint density at radius 1 is 1.00 bits per heavy atom. The Morgan fingerprint density at radius 3 is 2.35 bits per heavy atom. The molecule has 0 saturated carbocycles. The van der Waals surface area contributed by atoms with Gasteiger partial charge in [0.25, 0.3) is 0 Å². The van der Waals surface area contributed by atoms with Crippen LogP contribution in [0, 0.1) is 6.92 Å². The molecule has 0 bridgehead atoms. The largest absolute Gasteiger partial charge is 0.381 e. The van der Waals surface area contributed by atoms with Gasteiger partial charge in [0.2, 0.25) is 0 Å². The van der Waals surface area contributed by atoms with E-state index in [1.165, 1.54) is 0 Å². The maximum atomic E-state index is 11.9. The molecule has 1 aromatic rings. The van der Waals surface area contributed by atoms with Crippen LogP contribution in [0.15, 0.2) is 24.3 Å². The highest BCUT2D eigenvalue weighted by atomic mass is 16.5. The molecular weight excluding hydrogens is 292 g/mol. The molecule has 0 unspecified atom stereocenters. The normalized spacial score (nSPS) is 10.3. The highest BCUT2D eigenvalue weighted by molar-refractivity contribution is 5.96. The van der Waals surface area contributed by atoms with Crippen molar-refractivity contribution in [2.75, 3.05) is 26.3 Å². The summed E-state index contributed by atoms with van der Waals surface area (Å²) < 4.78 is 5.41. The molecule has 1 aromatic carbocycles. The first-order valence-electron chi connectivity index (χ1n) is 8.32. The Balaban J connectivity index is 2.05. The fraction of sp³-hybridized carbons (Fsp3) is 0.556. The number of benzene rings is 1. The number of hydrogen-bond donors (Lipinski definition) is 2. The monoisotopic (exact) mass is 320 g/mol. The zero-order valence-corrected chi connectivity index (χ0v) is 14.2. The molecule has 23 heavy (non-hydrogen) atoms. The van der Waals surface area contributed by atoms with E-state index in [0.29, 0.717) is 31.7 Å². The number of carbonyl (C=O) groups is 2. The summed E-state index contributed by atoms with van der Waals surface area (Å²) in [5.74, 6) is 0.0367. The van der Waals surface area contributed by atoms with Crippen molar-refractivity contribution in [2.24, 2.45) is 0 Å². The number of Topliss-reactive ketones (excluding diaryl/α,β-unsaturated/α-hetero) is 1. The van der Waals surface area contributed by atoms with Crippen molar-refractivity contribution in [2.45, 2.75) is 39.5 Å². The number of amides is 2. The molecular formula is C18H28N2O3. The number of ketones is 1. The number of ether oxygens (including phenoxy) is 1. The van der Waals surface area contributed by atoms with E-state index in [9.17, 15) is 9.59 Å². The second kappa shape index (κ2) is 11.7. The molecule has 2 N–H and O–H groups in total. The van der Waals surface area contributed by atoms with Gasteiger partial charge < -0.3 is 15.4 Å². The van der Waals surface area contributed by atoms with Gasteiger partial charge in [-0.05, 0) is 19.8 Å². The minimum Gasteiger partial charge on any atom is -0.381 e. The molecule has 0 heterocycles. The van der Waals surface area contributed by atoms with Crippen molar-refractivity contribution in [3.8, 4) is 0 Å². The molecule has 0 radical (unpaired) electrons. The molecule has 0 spiro atoms. The lowest BCUT2D eigenvalue weighted by Gasteiger charge is -2.08. The number of aryl methyl sites for hydroxylation is 1. The number of nitrogens with one attached hydrogen (secondary N) is 2. The first-order chi connectivity index (χ1) is 11.1. The quantitative estimate of drug-likeness (QED) is 0.486. The second-order valence-electron chi connectivity index (χ2n) is 5.54. The van der Waals surface area contributed by atoms with Gasteiger partial charge >= 0.3 is 6.03 Å². The van der Waals surface area contributed by atoms with E-state index in [1.807, 2.05) is 31.2 Å². The van der Waals surface area contributed by atoms with E-state index in [1.54, 1.807) is 0 Å². The van der Waals surface area contributed by atoms with Crippen molar-refractivity contribution >= 4 is 11.8 Å². The molecule has 0 aliphatic rings. The van der Waals surface area contributed by atoms with Gasteiger partial charge in [-0.2, -0.15) is 0 Å². The van der Waals surface area contributed by atoms with Crippen LogP contribution in [0.3, 0.4) is 0 Å². The minimum absolute atomic E-state index is 0.0367. The average Bonchev–Trinajstić information content (AvgIpc) is 2.54. The Labute approximate surface area is 138 Å². The molecule has 0 fully saturated rings. The van der Waals surface area contributed by atoms with Crippen LogP contribution in [0.5, 0.6) is 0 Å². The van der Waals surface area contributed by atoms with Crippen LogP contribution in [-0.2, 0) is 4.74 Å². The molecule has 0 aliphatic carbocycles. The molecule has 0 saturated heterocycles. The SMILES string of the molecule is CCCCOCCCNC(=O)NCCC(=O)c1ccc(C)cc1. The maximum Gasteiger partial charge on any atom is 0.314 e. The summed E-state index contributed by atoms with van der Waals surface area (Å²) in [4.78, 5) is 23.5. The predicted octanol–water partition coefficient (Wildman–Crippen LogP) is 3.07. The van der Waals surface area contributed by atoms with Gasteiger partial charge in [0, 0.05) is 38.3 Å². The number of carbonyl (C=O) groups excluding carboxylic acids is 2. The number of unbranched alkanes of at least 4 members (excludes halogenated alkanes) is 1. The molecule has 0 aliphatic heterocycles. The van der Waals surface area contributed by atoms with Gasteiger partial charge in [0.15, 0.2) is 5.78 Å². The van der Waals surface area contributed by atoms with E-state index >= 15 is 0 Å². The highest BCUT2D eigenvalue weighted by Gasteiger charge is 2.06. The number of rotatable bonds is 11. The third kappa shape index (κ3) is 8.98. The Morgan fingerprint density at radius 2 is 1.65 bits per heavy atom. The fourth-order valence-electron chi connectivity index (χ4n) is 1.96. The maximum absolute atomic E-state index is 11.9. The van der Waals surface area contributed by atoms with Gasteiger partial charge in [-0.15, -0.1) is 0 Å². The number of urea groups is 1. The van der Waals surface area contributed by atoms with Gasteiger partial charge in [0.05, 0.1) is 0 Å². The zero-order valence-electron chi connectivity index (χ0n) is 14.2. The molecule has 0 atom stereocenters. The Hall–Kier alpha value is -1.88. The van der Waals surface area contributed by atoms with Crippen LogP contribution in [0.25, 0.3) is 0 Å². The predicted molar refractivity (Wildman–Crippen MR) is 91.9 cm³/mol. The summed E-state index contributed by atoms with van der Waals surface area (Å²) in [6, 6.07) is 7.22. The molecule has 1 rings (SSSR count). The molecule has 128 valence electrons.